The fourth-order valence-electron chi connectivity index (χ4n) is 6.75. The van der Waals surface area contributed by atoms with E-state index >= 15 is 0 Å². The fourth-order valence-corrected chi connectivity index (χ4v) is 6.75. The molecule has 1 aliphatic heterocycles. The van der Waals surface area contributed by atoms with Crippen LogP contribution in [-0.4, -0.2) is 35.0 Å². The standard InChI is InChI=1S/C20H26O4/c1-19-4-3-10-8-20(10,2)17(19)7-15(22)12-5-11-13(9-21)18(23)24-16(11)6-14(12)19/h5,10,14-17,21-22H,3-4,6-9H2,1-2H3/t10?,14-,15+,16-,17+,19+,20-/m1/s1. The van der Waals surface area contributed by atoms with Gasteiger partial charge >= 0.3 is 5.97 Å². The van der Waals surface area contributed by atoms with Crippen LogP contribution in [0.4, 0.5) is 0 Å². The number of carbonyl (C=O) groups excluding carboxylic acids is 1. The molecule has 0 aromatic carbocycles. The van der Waals surface area contributed by atoms with Crippen LogP contribution in [0.15, 0.2) is 22.8 Å². The van der Waals surface area contributed by atoms with Gasteiger partial charge in [0.1, 0.15) is 6.10 Å². The van der Waals surface area contributed by atoms with E-state index in [2.05, 4.69) is 13.8 Å². The van der Waals surface area contributed by atoms with Crippen molar-refractivity contribution in [3.63, 3.8) is 0 Å². The molecule has 4 nitrogen and oxygen atoms in total. The molecule has 7 atom stereocenters. The van der Waals surface area contributed by atoms with E-state index in [1.54, 1.807) is 0 Å². The van der Waals surface area contributed by atoms with E-state index in [0.717, 1.165) is 29.9 Å². The first kappa shape index (κ1) is 15.2. The van der Waals surface area contributed by atoms with Gasteiger partial charge in [-0.25, -0.2) is 4.79 Å². The molecule has 5 rings (SSSR count). The lowest BCUT2D eigenvalue weighted by molar-refractivity contribution is -0.142. The van der Waals surface area contributed by atoms with Crippen LogP contribution in [0.25, 0.3) is 0 Å². The van der Waals surface area contributed by atoms with Gasteiger partial charge in [-0.3, -0.25) is 0 Å². The molecule has 130 valence electrons. The molecule has 4 aliphatic carbocycles. The summed E-state index contributed by atoms with van der Waals surface area (Å²) in [5, 5.41) is 20.4. The van der Waals surface area contributed by atoms with Crippen LogP contribution >= 0.6 is 0 Å². The number of rotatable bonds is 1. The van der Waals surface area contributed by atoms with Crippen LogP contribution in [0.3, 0.4) is 0 Å². The summed E-state index contributed by atoms with van der Waals surface area (Å²) in [4.78, 5) is 12.0. The van der Waals surface area contributed by atoms with Gasteiger partial charge in [0.2, 0.25) is 0 Å². The van der Waals surface area contributed by atoms with Crippen LogP contribution in [0.5, 0.6) is 0 Å². The van der Waals surface area contributed by atoms with Gasteiger partial charge in [0.15, 0.2) is 0 Å². The first-order valence-electron chi connectivity index (χ1n) is 9.33. The zero-order chi connectivity index (χ0) is 16.9. The molecule has 0 amide bonds. The highest BCUT2D eigenvalue weighted by Crippen LogP contribution is 2.73. The first-order chi connectivity index (χ1) is 11.4. The van der Waals surface area contributed by atoms with Gasteiger partial charge in [-0.05, 0) is 66.3 Å². The topological polar surface area (TPSA) is 66.8 Å². The molecule has 0 bridgehead atoms. The number of ether oxygens (including phenoxy) is 1. The summed E-state index contributed by atoms with van der Waals surface area (Å²) < 4.78 is 5.54. The Morgan fingerprint density at radius 1 is 1.29 bits per heavy atom. The average molecular weight is 330 g/mol. The van der Waals surface area contributed by atoms with E-state index in [4.69, 9.17) is 4.74 Å². The van der Waals surface area contributed by atoms with Gasteiger partial charge < -0.3 is 14.9 Å². The van der Waals surface area contributed by atoms with E-state index in [1.165, 1.54) is 19.3 Å². The molecular formula is C20H26O4. The van der Waals surface area contributed by atoms with Crippen LogP contribution in [0, 0.1) is 28.6 Å². The zero-order valence-electron chi connectivity index (χ0n) is 14.4. The van der Waals surface area contributed by atoms with Crippen molar-refractivity contribution in [3.05, 3.63) is 22.8 Å². The lowest BCUT2D eigenvalue weighted by atomic mass is 9.48. The Labute approximate surface area is 142 Å². The third-order valence-corrected chi connectivity index (χ3v) is 8.25. The van der Waals surface area contributed by atoms with E-state index in [-0.39, 0.29) is 30.0 Å². The molecular weight excluding hydrogens is 304 g/mol. The van der Waals surface area contributed by atoms with Crippen molar-refractivity contribution < 1.29 is 19.7 Å². The summed E-state index contributed by atoms with van der Waals surface area (Å²) in [5.74, 6) is 1.30. The molecule has 2 N–H and O–H groups in total. The van der Waals surface area contributed by atoms with Crippen molar-refractivity contribution >= 4 is 5.97 Å². The third kappa shape index (κ3) is 1.69. The summed E-state index contributed by atoms with van der Waals surface area (Å²) in [6.07, 6.45) is 6.74. The van der Waals surface area contributed by atoms with E-state index in [0.29, 0.717) is 16.9 Å². The number of fused-ring (bicyclic) bond motifs is 6. The van der Waals surface area contributed by atoms with E-state index in [9.17, 15) is 15.0 Å². The number of hydrogen-bond acceptors (Lipinski definition) is 4. The highest BCUT2D eigenvalue weighted by Gasteiger charge is 2.67. The highest BCUT2D eigenvalue weighted by atomic mass is 16.5. The Kier molecular flexibility index (Phi) is 2.86. The van der Waals surface area contributed by atoms with Gasteiger partial charge in [0, 0.05) is 5.57 Å². The molecule has 0 aromatic heterocycles. The summed E-state index contributed by atoms with van der Waals surface area (Å²) in [5.41, 5.74) is 2.85. The molecule has 3 fully saturated rings. The molecule has 0 radical (unpaired) electrons. The minimum Gasteiger partial charge on any atom is -0.454 e. The van der Waals surface area contributed by atoms with Crippen molar-refractivity contribution in [1.82, 2.24) is 0 Å². The number of esters is 1. The average Bonchev–Trinajstić information content (AvgIpc) is 3.12. The lowest BCUT2D eigenvalue weighted by Crippen LogP contribution is -2.52. The summed E-state index contributed by atoms with van der Waals surface area (Å²) in [7, 11) is 0. The molecule has 0 saturated heterocycles. The maximum Gasteiger partial charge on any atom is 0.337 e. The SMILES string of the molecule is C[C@@]12CCC3C[C@@]3(C)[C@H]1C[C@H](O)C1=CC3=C(CO)C(=O)O[C@@H]3C[C@H]12. The van der Waals surface area contributed by atoms with Crippen molar-refractivity contribution in [2.24, 2.45) is 28.6 Å². The molecule has 0 aromatic rings. The van der Waals surface area contributed by atoms with Gasteiger partial charge in [0.25, 0.3) is 0 Å². The van der Waals surface area contributed by atoms with Crippen molar-refractivity contribution in [3.8, 4) is 0 Å². The van der Waals surface area contributed by atoms with Crippen LogP contribution in [0.2, 0.25) is 0 Å². The highest BCUT2D eigenvalue weighted by molar-refractivity contribution is 5.93. The van der Waals surface area contributed by atoms with Gasteiger partial charge in [0.05, 0.1) is 18.3 Å². The molecule has 1 unspecified atom stereocenters. The zero-order valence-corrected chi connectivity index (χ0v) is 14.4. The summed E-state index contributed by atoms with van der Waals surface area (Å²) in [6, 6.07) is 0. The number of aliphatic hydroxyl groups is 2. The first-order valence-corrected chi connectivity index (χ1v) is 9.33. The van der Waals surface area contributed by atoms with Crippen molar-refractivity contribution in [1.29, 1.82) is 0 Å². The van der Waals surface area contributed by atoms with Gasteiger partial charge in [-0.1, -0.05) is 19.9 Å². The second-order valence-corrected chi connectivity index (χ2v) is 9.17. The Balaban J connectivity index is 1.59. The Bertz CT molecular complexity index is 692. The third-order valence-electron chi connectivity index (χ3n) is 8.25. The number of aliphatic hydroxyl groups excluding tert-OH is 2. The number of carbonyl (C=O) groups is 1. The minimum atomic E-state index is -0.423. The quantitative estimate of drug-likeness (QED) is 0.724. The number of hydrogen-bond donors (Lipinski definition) is 2. The molecule has 24 heavy (non-hydrogen) atoms. The van der Waals surface area contributed by atoms with Crippen molar-refractivity contribution in [2.75, 3.05) is 6.61 Å². The largest absolute Gasteiger partial charge is 0.454 e. The van der Waals surface area contributed by atoms with E-state index in [1.807, 2.05) is 6.08 Å². The predicted octanol–water partition coefficient (Wildman–Crippen LogP) is 2.35. The second-order valence-electron chi connectivity index (χ2n) is 9.17. The maximum absolute atomic E-state index is 12.0. The Morgan fingerprint density at radius 2 is 2.08 bits per heavy atom. The molecule has 0 spiro atoms. The molecule has 3 saturated carbocycles. The van der Waals surface area contributed by atoms with E-state index < -0.39 is 6.10 Å². The normalized spacial score (nSPS) is 51.9. The van der Waals surface area contributed by atoms with Gasteiger partial charge in [-0.2, -0.15) is 0 Å². The maximum atomic E-state index is 12.0. The fraction of sp³-hybridized carbons (Fsp3) is 0.750. The van der Waals surface area contributed by atoms with Crippen LogP contribution in [0.1, 0.15) is 46.0 Å². The smallest absolute Gasteiger partial charge is 0.337 e. The Hall–Kier alpha value is -1.13. The minimum absolute atomic E-state index is 0.187. The van der Waals surface area contributed by atoms with Crippen molar-refractivity contribution in [2.45, 2.75) is 58.2 Å². The summed E-state index contributed by atoms with van der Waals surface area (Å²) >= 11 is 0. The Morgan fingerprint density at radius 3 is 2.83 bits per heavy atom. The summed E-state index contributed by atoms with van der Waals surface area (Å²) in [6.45, 7) is 4.53. The lowest BCUT2D eigenvalue weighted by Gasteiger charge is -2.57. The molecule has 1 heterocycles. The van der Waals surface area contributed by atoms with Crippen LogP contribution in [-0.2, 0) is 9.53 Å². The second kappa shape index (κ2) is 4.53. The molecule has 4 heteroatoms. The van der Waals surface area contributed by atoms with Gasteiger partial charge in [-0.15, -0.1) is 0 Å². The van der Waals surface area contributed by atoms with Crippen LogP contribution < -0.4 is 0 Å². The predicted molar refractivity (Wildman–Crippen MR) is 87.9 cm³/mol. The monoisotopic (exact) mass is 330 g/mol. The molecule has 5 aliphatic rings.